The molecule has 0 fully saturated rings. The fraction of sp³-hybridized carbons (Fsp3) is 0.0526. The first kappa shape index (κ1) is 18.2. The second-order valence-corrected chi connectivity index (χ2v) is 6.76. The number of H-pyrrole nitrogens is 1. The lowest BCUT2D eigenvalue weighted by atomic mass is 10.1. The zero-order chi connectivity index (χ0) is 19.9. The Morgan fingerprint density at radius 1 is 1.29 bits per heavy atom. The highest BCUT2D eigenvalue weighted by molar-refractivity contribution is 7.12. The van der Waals surface area contributed by atoms with Gasteiger partial charge in [0.15, 0.2) is 22.8 Å². The Bertz CT molecular complexity index is 1150. The fourth-order valence-electron chi connectivity index (χ4n) is 2.90. The SMILES string of the molecule is O=C(c1c[nH+][c-]2ccccc12)c1c[s+][c-](-c2cccnc2)[n+]1[C-](O)C(F)(F)F. The zero-order valence-corrected chi connectivity index (χ0v) is 14.9. The second kappa shape index (κ2) is 6.77. The summed E-state index contributed by atoms with van der Waals surface area (Å²) in [6.07, 6.45) is -2.61. The monoisotopic (exact) mass is 403 g/mol. The minimum atomic E-state index is -5.03. The molecule has 0 saturated carbocycles. The topological polar surface area (TPSA) is 68.2 Å². The first-order chi connectivity index (χ1) is 13.4. The van der Waals surface area contributed by atoms with Gasteiger partial charge in [0.1, 0.15) is 10.9 Å². The van der Waals surface area contributed by atoms with Gasteiger partial charge >= 0.3 is 17.4 Å². The van der Waals surface area contributed by atoms with Crippen molar-refractivity contribution in [2.75, 3.05) is 0 Å². The van der Waals surface area contributed by atoms with Crippen molar-refractivity contribution in [3.05, 3.63) is 77.9 Å². The number of thiazole rings is 1. The van der Waals surface area contributed by atoms with Crippen molar-refractivity contribution in [1.82, 2.24) is 4.98 Å². The molecule has 4 rings (SSSR count). The summed E-state index contributed by atoms with van der Waals surface area (Å²) in [5.41, 5.74) is 0.962. The lowest BCUT2D eigenvalue weighted by Crippen LogP contribution is -2.52. The number of rotatable bonds is 4. The molecule has 4 aromatic rings. The van der Waals surface area contributed by atoms with Crippen LogP contribution in [0.4, 0.5) is 13.2 Å². The fourth-order valence-corrected chi connectivity index (χ4v) is 3.89. The zero-order valence-electron chi connectivity index (χ0n) is 14.1. The van der Waals surface area contributed by atoms with Crippen LogP contribution >= 0.6 is 11.3 Å². The van der Waals surface area contributed by atoms with E-state index in [9.17, 15) is 23.1 Å². The molecule has 3 aromatic heterocycles. The summed E-state index contributed by atoms with van der Waals surface area (Å²) in [5, 5.41) is 11.8. The number of aromatic nitrogens is 3. The van der Waals surface area contributed by atoms with Crippen LogP contribution in [0.15, 0.2) is 60.4 Å². The van der Waals surface area contributed by atoms with Crippen molar-refractivity contribution in [3.63, 3.8) is 0 Å². The minimum Gasteiger partial charge on any atom is -0.365 e. The number of hydrogen-bond acceptors (Lipinski definition) is 3. The van der Waals surface area contributed by atoms with Gasteiger partial charge in [-0.05, 0) is 22.7 Å². The van der Waals surface area contributed by atoms with Gasteiger partial charge in [0.05, 0.1) is 6.20 Å². The second-order valence-electron chi connectivity index (χ2n) is 5.90. The van der Waals surface area contributed by atoms with Crippen LogP contribution in [0.1, 0.15) is 16.1 Å². The number of carbonyl (C=O) groups is 1. The molecule has 3 heterocycles. The van der Waals surface area contributed by atoms with Crippen LogP contribution in [-0.2, 0) is 0 Å². The number of hydrogen-bond donors (Lipinski definition) is 1. The molecule has 0 aliphatic carbocycles. The normalized spacial score (nSPS) is 11.7. The van der Waals surface area contributed by atoms with Crippen LogP contribution in [0.5, 0.6) is 0 Å². The first-order valence-electron chi connectivity index (χ1n) is 8.06. The Morgan fingerprint density at radius 3 is 2.82 bits per heavy atom. The van der Waals surface area contributed by atoms with Crippen LogP contribution in [0.3, 0.4) is 0 Å². The Kier molecular flexibility index (Phi) is 4.40. The number of para-hydroxylation sites is 1. The van der Waals surface area contributed by atoms with Crippen molar-refractivity contribution in [3.8, 4) is 10.6 Å². The predicted octanol–water partition coefficient (Wildman–Crippen LogP) is 3.29. The van der Waals surface area contributed by atoms with E-state index < -0.39 is 18.2 Å². The average molecular weight is 403 g/mol. The number of benzene rings is 1. The molecule has 0 amide bonds. The summed E-state index contributed by atoms with van der Waals surface area (Å²) in [5.74, 6) is -0.639. The summed E-state index contributed by atoms with van der Waals surface area (Å²) < 4.78 is 40.5. The molecular formula is C19H12F3N3O2S. The number of nitrogens with one attached hydrogen (secondary N) is 1. The van der Waals surface area contributed by atoms with E-state index in [1.807, 2.05) is 0 Å². The number of alkyl halides is 3. The van der Waals surface area contributed by atoms with E-state index in [1.54, 1.807) is 36.4 Å². The molecule has 5 nitrogen and oxygen atoms in total. The predicted molar refractivity (Wildman–Crippen MR) is 93.9 cm³/mol. The minimum absolute atomic E-state index is 0.0473. The van der Waals surface area contributed by atoms with Gasteiger partial charge < -0.3 is 14.9 Å². The number of aliphatic hydroxyl groups excluding tert-OH is 1. The lowest BCUT2D eigenvalue weighted by Gasteiger charge is -2.17. The van der Waals surface area contributed by atoms with Gasteiger partial charge in [0.25, 0.3) is 0 Å². The molecule has 9 heteroatoms. The van der Waals surface area contributed by atoms with E-state index in [2.05, 4.69) is 9.97 Å². The van der Waals surface area contributed by atoms with E-state index in [1.165, 1.54) is 24.0 Å². The Hall–Kier alpha value is -3.17. The number of halogens is 3. The number of carbonyl (C=O) groups excluding carboxylic acids is 1. The Labute approximate surface area is 160 Å². The molecule has 0 spiro atoms. The van der Waals surface area contributed by atoms with Gasteiger partial charge in [0.2, 0.25) is 0 Å². The molecule has 0 unspecified atom stereocenters. The molecule has 1 aromatic carbocycles. The largest absolute Gasteiger partial charge is 0.450 e. The number of ketones is 1. The summed E-state index contributed by atoms with van der Waals surface area (Å²) >= 11 is 0.916. The van der Waals surface area contributed by atoms with Crippen molar-refractivity contribution >= 4 is 28.0 Å². The molecule has 2 N–H and O–H groups in total. The van der Waals surface area contributed by atoms with Crippen molar-refractivity contribution < 1.29 is 32.6 Å². The Balaban J connectivity index is 1.90. The molecule has 0 aliphatic heterocycles. The quantitative estimate of drug-likeness (QED) is 0.246. The Morgan fingerprint density at radius 2 is 2.11 bits per heavy atom. The molecule has 0 saturated heterocycles. The summed E-state index contributed by atoms with van der Waals surface area (Å²) in [6.45, 7) is 0. The van der Waals surface area contributed by atoms with Gasteiger partial charge in [0, 0.05) is 0 Å². The molecule has 0 aliphatic rings. The van der Waals surface area contributed by atoms with Crippen LogP contribution < -0.4 is 9.55 Å². The summed E-state index contributed by atoms with van der Waals surface area (Å²) in [6, 6.07) is 10.1. The average Bonchev–Trinajstić information content (AvgIpc) is 3.31. The van der Waals surface area contributed by atoms with E-state index in [0.29, 0.717) is 21.0 Å². The lowest BCUT2D eigenvalue weighted by molar-refractivity contribution is -0.696. The van der Waals surface area contributed by atoms with Crippen molar-refractivity contribution in [1.29, 1.82) is 0 Å². The molecule has 0 atom stereocenters. The van der Waals surface area contributed by atoms with Gasteiger partial charge in [-0.1, -0.05) is 18.3 Å². The third kappa shape index (κ3) is 3.04. The van der Waals surface area contributed by atoms with E-state index >= 15 is 0 Å². The van der Waals surface area contributed by atoms with Gasteiger partial charge in [-0.2, -0.15) is 13.2 Å². The van der Waals surface area contributed by atoms with E-state index in [-0.39, 0.29) is 16.3 Å². The van der Waals surface area contributed by atoms with Crippen LogP contribution in [0, 0.1) is 6.23 Å². The van der Waals surface area contributed by atoms with Crippen molar-refractivity contribution in [2.45, 2.75) is 6.18 Å². The van der Waals surface area contributed by atoms with Gasteiger partial charge in [-0.15, -0.1) is 24.3 Å². The van der Waals surface area contributed by atoms with E-state index in [4.69, 9.17) is 0 Å². The molecule has 0 bridgehead atoms. The third-order valence-electron chi connectivity index (χ3n) is 4.17. The van der Waals surface area contributed by atoms with Crippen molar-refractivity contribution in [2.24, 2.45) is 0 Å². The number of pyridine rings is 1. The highest BCUT2D eigenvalue weighted by atomic mass is 32.1. The first-order valence-corrected chi connectivity index (χ1v) is 8.94. The van der Waals surface area contributed by atoms with Gasteiger partial charge in [-0.3, -0.25) is 4.98 Å². The molecule has 142 valence electrons. The third-order valence-corrected chi connectivity index (χ3v) is 5.15. The van der Waals surface area contributed by atoms with Crippen LogP contribution in [0.25, 0.3) is 21.5 Å². The number of fused-ring (bicyclic) bond motifs is 1. The van der Waals surface area contributed by atoms with Crippen LogP contribution in [-0.4, -0.2) is 22.1 Å². The maximum Gasteiger partial charge on any atom is 0.450 e. The molecular weight excluding hydrogens is 391 g/mol. The highest BCUT2D eigenvalue weighted by Gasteiger charge is 2.46. The van der Waals surface area contributed by atoms with Crippen LogP contribution in [0.2, 0.25) is 0 Å². The van der Waals surface area contributed by atoms with Gasteiger partial charge in [-0.25, -0.2) is 4.57 Å². The summed E-state index contributed by atoms with van der Waals surface area (Å²) in [4.78, 5) is 19.9. The number of nitrogens with zero attached hydrogens (tertiary/aromatic N) is 2. The molecule has 0 radical (unpaired) electrons. The summed E-state index contributed by atoms with van der Waals surface area (Å²) in [7, 11) is 0. The molecule has 28 heavy (non-hydrogen) atoms. The maximum absolute atomic E-state index is 13.3. The highest BCUT2D eigenvalue weighted by Crippen LogP contribution is 2.30. The smallest absolute Gasteiger partial charge is 0.365 e. The number of aromatic amines is 1. The number of aliphatic hydroxyl groups is 1. The maximum atomic E-state index is 13.3. The van der Waals surface area contributed by atoms with E-state index in [0.717, 1.165) is 11.3 Å². The standard InChI is InChI=1S/C19H12F3N3O2S/c20-19(21,22)18(27)25-15(10-28-17(25)11-4-3-7-23-8-11)16(26)13-9-24-14-6-2-1-5-12(13)14/h1-10,24,27H.